The first-order valence-electron chi connectivity index (χ1n) is 5.62. The number of benzene rings is 2. The van der Waals surface area contributed by atoms with E-state index >= 15 is 0 Å². The second kappa shape index (κ2) is 4.97. The van der Waals surface area contributed by atoms with Crippen LogP contribution in [0.1, 0.15) is 0 Å². The van der Waals surface area contributed by atoms with Crippen molar-refractivity contribution in [3.63, 3.8) is 0 Å². The van der Waals surface area contributed by atoms with Gasteiger partial charge in [0.15, 0.2) is 0 Å². The first-order valence-corrected chi connectivity index (χ1v) is 5.62. The van der Waals surface area contributed by atoms with Gasteiger partial charge in [0.1, 0.15) is 5.82 Å². The molecular weight excluding hydrogens is 247 g/mol. The van der Waals surface area contributed by atoms with Crippen molar-refractivity contribution in [1.29, 1.82) is 0 Å². The van der Waals surface area contributed by atoms with Crippen LogP contribution in [0.5, 0.6) is 0 Å². The standard InChI is InChI=1S/C14H13FN2O2/c1-17(14(18)19)13-8-12(16)10(7-11(13)15)9-5-3-2-4-6-9/h2-8H,16H2,1H3,(H,18,19). The Kier molecular flexibility index (Phi) is 3.37. The molecule has 0 aliphatic heterocycles. The van der Waals surface area contributed by atoms with Gasteiger partial charge < -0.3 is 10.8 Å². The lowest BCUT2D eigenvalue weighted by molar-refractivity contribution is 0.203. The van der Waals surface area contributed by atoms with E-state index < -0.39 is 11.9 Å². The first-order chi connectivity index (χ1) is 9.00. The lowest BCUT2D eigenvalue weighted by Crippen LogP contribution is -2.25. The average molecular weight is 260 g/mol. The summed E-state index contributed by atoms with van der Waals surface area (Å²) >= 11 is 0. The first kappa shape index (κ1) is 12.9. The summed E-state index contributed by atoms with van der Waals surface area (Å²) in [5, 5.41) is 8.86. The van der Waals surface area contributed by atoms with Crippen LogP contribution in [-0.4, -0.2) is 18.2 Å². The van der Waals surface area contributed by atoms with Crippen molar-refractivity contribution in [2.45, 2.75) is 0 Å². The van der Waals surface area contributed by atoms with E-state index in [-0.39, 0.29) is 5.69 Å². The molecule has 5 heteroatoms. The van der Waals surface area contributed by atoms with Crippen molar-refractivity contribution in [1.82, 2.24) is 0 Å². The van der Waals surface area contributed by atoms with E-state index in [2.05, 4.69) is 0 Å². The number of anilines is 2. The number of nitrogens with zero attached hydrogens (tertiary/aromatic N) is 1. The van der Waals surface area contributed by atoms with Crippen molar-refractivity contribution in [3.05, 3.63) is 48.3 Å². The van der Waals surface area contributed by atoms with Gasteiger partial charge in [-0.2, -0.15) is 0 Å². The summed E-state index contributed by atoms with van der Waals surface area (Å²) in [4.78, 5) is 11.6. The fraction of sp³-hybridized carbons (Fsp3) is 0.0714. The molecule has 0 spiro atoms. The maximum atomic E-state index is 14.0. The maximum Gasteiger partial charge on any atom is 0.411 e. The zero-order chi connectivity index (χ0) is 14.0. The molecule has 0 saturated heterocycles. The van der Waals surface area contributed by atoms with Crippen molar-refractivity contribution < 1.29 is 14.3 Å². The number of hydrogen-bond donors (Lipinski definition) is 2. The third-order valence-corrected chi connectivity index (χ3v) is 2.85. The minimum Gasteiger partial charge on any atom is -0.465 e. The third-order valence-electron chi connectivity index (χ3n) is 2.85. The van der Waals surface area contributed by atoms with Crippen LogP contribution in [0.3, 0.4) is 0 Å². The van der Waals surface area contributed by atoms with Crippen LogP contribution in [0, 0.1) is 5.82 Å². The number of hydrogen-bond acceptors (Lipinski definition) is 2. The number of nitrogen functional groups attached to an aromatic ring is 1. The molecule has 0 fully saturated rings. The Morgan fingerprint density at radius 1 is 1.26 bits per heavy atom. The number of carboxylic acid groups (broad SMARTS) is 1. The Bertz CT molecular complexity index is 614. The molecule has 0 aliphatic carbocycles. The summed E-state index contributed by atoms with van der Waals surface area (Å²) in [6, 6.07) is 11.7. The largest absolute Gasteiger partial charge is 0.465 e. The van der Waals surface area contributed by atoms with Crippen LogP contribution in [0.15, 0.2) is 42.5 Å². The molecule has 98 valence electrons. The summed E-state index contributed by atoms with van der Waals surface area (Å²) in [5.74, 6) is -0.627. The van der Waals surface area contributed by atoms with E-state index in [1.165, 1.54) is 19.2 Å². The topological polar surface area (TPSA) is 66.6 Å². The van der Waals surface area contributed by atoms with Crippen LogP contribution < -0.4 is 10.6 Å². The van der Waals surface area contributed by atoms with E-state index in [0.717, 1.165) is 10.5 Å². The number of carbonyl (C=O) groups is 1. The summed E-state index contributed by atoms with van der Waals surface area (Å²) in [6.45, 7) is 0. The number of nitrogens with two attached hydrogens (primary N) is 1. The molecule has 0 unspecified atom stereocenters. The van der Waals surface area contributed by atoms with Crippen molar-refractivity contribution in [2.75, 3.05) is 17.7 Å². The summed E-state index contributed by atoms with van der Waals surface area (Å²) in [5.41, 5.74) is 7.46. The molecule has 3 N–H and O–H groups in total. The minimum atomic E-state index is -1.24. The normalized spacial score (nSPS) is 10.2. The summed E-state index contributed by atoms with van der Waals surface area (Å²) in [6.07, 6.45) is -1.24. The van der Waals surface area contributed by atoms with E-state index in [9.17, 15) is 9.18 Å². The third kappa shape index (κ3) is 2.49. The van der Waals surface area contributed by atoms with Gasteiger partial charge in [-0.05, 0) is 17.7 Å². The van der Waals surface area contributed by atoms with Gasteiger partial charge in [0.2, 0.25) is 0 Å². The SMILES string of the molecule is CN(C(=O)O)c1cc(N)c(-c2ccccc2)cc1F. The smallest absolute Gasteiger partial charge is 0.411 e. The molecule has 2 aromatic carbocycles. The molecule has 1 amide bonds. The molecule has 0 atom stereocenters. The fourth-order valence-corrected chi connectivity index (χ4v) is 1.81. The van der Waals surface area contributed by atoms with Crippen LogP contribution in [0.25, 0.3) is 11.1 Å². The quantitative estimate of drug-likeness (QED) is 0.815. The van der Waals surface area contributed by atoms with Crippen LogP contribution in [0.2, 0.25) is 0 Å². The van der Waals surface area contributed by atoms with Crippen molar-refractivity contribution in [2.24, 2.45) is 0 Å². The van der Waals surface area contributed by atoms with E-state index in [0.29, 0.717) is 11.3 Å². The predicted molar refractivity (Wildman–Crippen MR) is 72.7 cm³/mol. The molecule has 0 heterocycles. The van der Waals surface area contributed by atoms with Gasteiger partial charge in [-0.25, -0.2) is 9.18 Å². The monoisotopic (exact) mass is 260 g/mol. The fourth-order valence-electron chi connectivity index (χ4n) is 1.81. The highest BCUT2D eigenvalue weighted by Gasteiger charge is 2.16. The van der Waals surface area contributed by atoms with Gasteiger partial charge >= 0.3 is 6.09 Å². The van der Waals surface area contributed by atoms with Gasteiger partial charge in [-0.15, -0.1) is 0 Å². The molecule has 0 saturated carbocycles. The lowest BCUT2D eigenvalue weighted by atomic mass is 10.0. The molecule has 2 aromatic rings. The van der Waals surface area contributed by atoms with Crippen LogP contribution >= 0.6 is 0 Å². The molecule has 4 nitrogen and oxygen atoms in total. The lowest BCUT2D eigenvalue weighted by Gasteiger charge is -2.16. The van der Waals surface area contributed by atoms with E-state index in [1.54, 1.807) is 0 Å². The Labute approximate surface area is 109 Å². The number of rotatable bonds is 2. The maximum absolute atomic E-state index is 14.0. The molecule has 0 radical (unpaired) electrons. The highest BCUT2D eigenvalue weighted by molar-refractivity contribution is 5.88. The van der Waals surface area contributed by atoms with E-state index in [4.69, 9.17) is 10.8 Å². The second-order valence-corrected chi connectivity index (χ2v) is 4.10. The van der Waals surface area contributed by atoms with Crippen LogP contribution in [-0.2, 0) is 0 Å². The Hall–Kier alpha value is -2.56. The molecule has 0 aliphatic rings. The number of amides is 1. The number of halogens is 1. The van der Waals surface area contributed by atoms with Crippen LogP contribution in [0.4, 0.5) is 20.6 Å². The Morgan fingerprint density at radius 3 is 2.47 bits per heavy atom. The zero-order valence-corrected chi connectivity index (χ0v) is 10.3. The van der Waals surface area contributed by atoms with Gasteiger partial charge in [0, 0.05) is 18.3 Å². The molecule has 0 aromatic heterocycles. The molecule has 2 rings (SSSR count). The average Bonchev–Trinajstić information content (AvgIpc) is 2.41. The Balaban J connectivity index is 2.52. The molecular formula is C14H13FN2O2. The highest BCUT2D eigenvalue weighted by Crippen LogP contribution is 2.31. The Morgan fingerprint density at radius 2 is 1.89 bits per heavy atom. The van der Waals surface area contributed by atoms with Crippen molar-refractivity contribution >= 4 is 17.5 Å². The molecule has 19 heavy (non-hydrogen) atoms. The van der Waals surface area contributed by atoms with Gasteiger partial charge in [-0.3, -0.25) is 4.90 Å². The van der Waals surface area contributed by atoms with Gasteiger partial charge in [0.05, 0.1) is 5.69 Å². The van der Waals surface area contributed by atoms with Crippen molar-refractivity contribution in [3.8, 4) is 11.1 Å². The van der Waals surface area contributed by atoms with Gasteiger partial charge in [-0.1, -0.05) is 30.3 Å². The highest BCUT2D eigenvalue weighted by atomic mass is 19.1. The van der Waals surface area contributed by atoms with E-state index in [1.807, 2.05) is 30.3 Å². The second-order valence-electron chi connectivity index (χ2n) is 4.10. The summed E-state index contributed by atoms with van der Waals surface area (Å²) < 4.78 is 14.0. The predicted octanol–water partition coefficient (Wildman–Crippen LogP) is 3.19. The molecule has 0 bridgehead atoms. The van der Waals surface area contributed by atoms with Gasteiger partial charge in [0.25, 0.3) is 0 Å². The minimum absolute atomic E-state index is 0.0651. The zero-order valence-electron chi connectivity index (χ0n) is 10.3. The summed E-state index contributed by atoms with van der Waals surface area (Å²) in [7, 11) is 1.27.